The summed E-state index contributed by atoms with van der Waals surface area (Å²) < 4.78 is 0. The highest BCUT2D eigenvalue weighted by molar-refractivity contribution is 5.81. The van der Waals surface area contributed by atoms with Crippen molar-refractivity contribution in [2.45, 2.75) is 65.0 Å². The Labute approximate surface area is 135 Å². The number of rotatable bonds is 5. The molecular formula is C19H30N2O. The number of benzene rings is 1. The van der Waals surface area contributed by atoms with Crippen molar-refractivity contribution in [2.24, 2.45) is 0 Å². The minimum absolute atomic E-state index is 0.126. The zero-order chi connectivity index (χ0) is 15.9. The molecule has 22 heavy (non-hydrogen) atoms. The van der Waals surface area contributed by atoms with Gasteiger partial charge in [-0.25, -0.2) is 0 Å². The fourth-order valence-corrected chi connectivity index (χ4v) is 3.15. The third kappa shape index (κ3) is 4.57. The van der Waals surface area contributed by atoms with E-state index in [0.29, 0.717) is 0 Å². The molecule has 0 bridgehead atoms. The first-order valence-electron chi connectivity index (χ1n) is 8.75. The topological polar surface area (TPSA) is 32.3 Å². The van der Waals surface area contributed by atoms with E-state index in [1.165, 1.54) is 24.0 Å². The summed E-state index contributed by atoms with van der Waals surface area (Å²) in [6.07, 6.45) is 5.86. The zero-order valence-electron chi connectivity index (χ0n) is 14.3. The molecule has 2 atom stereocenters. The fraction of sp³-hybridized carbons (Fsp3) is 0.632. The fourth-order valence-electron chi connectivity index (χ4n) is 3.15. The van der Waals surface area contributed by atoms with Gasteiger partial charge in [0.15, 0.2) is 0 Å². The van der Waals surface area contributed by atoms with Gasteiger partial charge in [-0.3, -0.25) is 10.1 Å². The summed E-state index contributed by atoms with van der Waals surface area (Å²) in [4.78, 5) is 14.6. The third-order valence-corrected chi connectivity index (χ3v) is 4.68. The average Bonchev–Trinajstić information content (AvgIpc) is 2.83. The Bertz CT molecular complexity index is 461. The normalized spacial score (nSPS) is 18.6. The van der Waals surface area contributed by atoms with Gasteiger partial charge in [0.05, 0.1) is 6.04 Å². The molecule has 0 aromatic heterocycles. The van der Waals surface area contributed by atoms with Gasteiger partial charge in [-0.2, -0.15) is 0 Å². The number of amides is 1. The van der Waals surface area contributed by atoms with Crippen LogP contribution in [0.1, 0.15) is 63.6 Å². The smallest absolute Gasteiger partial charge is 0.239 e. The van der Waals surface area contributed by atoms with Crippen molar-refractivity contribution in [3.63, 3.8) is 0 Å². The van der Waals surface area contributed by atoms with Gasteiger partial charge in [-0.15, -0.1) is 0 Å². The Hall–Kier alpha value is -1.35. The molecule has 3 nitrogen and oxygen atoms in total. The first kappa shape index (κ1) is 17.0. The highest BCUT2D eigenvalue weighted by Gasteiger charge is 2.22. The zero-order valence-corrected chi connectivity index (χ0v) is 14.3. The quantitative estimate of drug-likeness (QED) is 0.899. The molecule has 0 saturated carbocycles. The Morgan fingerprint density at radius 2 is 1.68 bits per heavy atom. The highest BCUT2D eigenvalue weighted by atomic mass is 16.2. The van der Waals surface area contributed by atoms with Crippen LogP contribution in [0.2, 0.25) is 0 Å². The van der Waals surface area contributed by atoms with Crippen LogP contribution >= 0.6 is 0 Å². The van der Waals surface area contributed by atoms with Crippen molar-refractivity contribution in [3.8, 4) is 0 Å². The van der Waals surface area contributed by atoms with Crippen LogP contribution in [0.4, 0.5) is 0 Å². The summed E-state index contributed by atoms with van der Waals surface area (Å²) in [5, 5.41) is 3.46. The molecule has 1 aromatic carbocycles. The molecule has 0 radical (unpaired) electrons. The maximum atomic E-state index is 12.6. The molecule has 1 saturated heterocycles. The lowest BCUT2D eigenvalue weighted by Gasteiger charge is -2.27. The Morgan fingerprint density at radius 3 is 2.23 bits per heavy atom. The lowest BCUT2D eigenvalue weighted by molar-refractivity contribution is -0.133. The van der Waals surface area contributed by atoms with Crippen LogP contribution in [0.25, 0.3) is 0 Å². The molecule has 1 aliphatic rings. The van der Waals surface area contributed by atoms with Crippen molar-refractivity contribution in [3.05, 3.63) is 35.4 Å². The molecule has 122 valence electrons. The SMILES string of the molecule is CCc1ccc(C(C)NC(C)C(=O)N2CCCCCC2)cc1. The minimum atomic E-state index is -0.126. The summed E-state index contributed by atoms with van der Waals surface area (Å²) in [7, 11) is 0. The van der Waals surface area contributed by atoms with Crippen LogP contribution in [0.15, 0.2) is 24.3 Å². The number of likely N-dealkylation sites (tertiary alicyclic amines) is 1. The van der Waals surface area contributed by atoms with Crippen molar-refractivity contribution in [2.75, 3.05) is 13.1 Å². The maximum absolute atomic E-state index is 12.6. The van der Waals surface area contributed by atoms with E-state index < -0.39 is 0 Å². The number of aryl methyl sites for hydroxylation is 1. The lowest BCUT2D eigenvalue weighted by atomic mass is 10.0. The highest BCUT2D eigenvalue weighted by Crippen LogP contribution is 2.16. The van der Waals surface area contributed by atoms with E-state index in [2.05, 4.69) is 43.4 Å². The monoisotopic (exact) mass is 302 g/mol. The number of nitrogens with zero attached hydrogens (tertiary/aromatic N) is 1. The summed E-state index contributed by atoms with van der Waals surface area (Å²) in [6, 6.07) is 8.75. The van der Waals surface area contributed by atoms with E-state index in [4.69, 9.17) is 0 Å². The van der Waals surface area contributed by atoms with Gasteiger partial charge in [0.25, 0.3) is 0 Å². The summed E-state index contributed by atoms with van der Waals surface area (Å²) in [5.41, 5.74) is 2.59. The Morgan fingerprint density at radius 1 is 1.09 bits per heavy atom. The number of nitrogens with one attached hydrogen (secondary N) is 1. The van der Waals surface area contributed by atoms with E-state index in [9.17, 15) is 4.79 Å². The molecule has 1 fully saturated rings. The van der Waals surface area contributed by atoms with Gasteiger partial charge in [0, 0.05) is 19.1 Å². The summed E-state index contributed by atoms with van der Waals surface area (Å²) in [5.74, 6) is 0.249. The van der Waals surface area contributed by atoms with Crippen molar-refractivity contribution >= 4 is 5.91 Å². The van der Waals surface area contributed by atoms with Crippen molar-refractivity contribution in [1.29, 1.82) is 0 Å². The maximum Gasteiger partial charge on any atom is 0.239 e. The van der Waals surface area contributed by atoms with E-state index in [1.54, 1.807) is 0 Å². The molecule has 3 heteroatoms. The number of hydrogen-bond donors (Lipinski definition) is 1. The molecule has 1 aliphatic heterocycles. The molecule has 1 aromatic rings. The molecule has 2 rings (SSSR count). The predicted octanol–water partition coefficient (Wildman–Crippen LogP) is 3.69. The molecule has 2 unspecified atom stereocenters. The second-order valence-electron chi connectivity index (χ2n) is 6.44. The van der Waals surface area contributed by atoms with Gasteiger partial charge >= 0.3 is 0 Å². The van der Waals surface area contributed by atoms with Crippen LogP contribution in [0, 0.1) is 0 Å². The Balaban J connectivity index is 1.91. The Kier molecular flexibility index (Phi) is 6.44. The first-order valence-corrected chi connectivity index (χ1v) is 8.75. The van der Waals surface area contributed by atoms with E-state index in [1.807, 2.05) is 11.8 Å². The van der Waals surface area contributed by atoms with E-state index >= 15 is 0 Å². The van der Waals surface area contributed by atoms with Gasteiger partial charge in [-0.05, 0) is 44.2 Å². The van der Waals surface area contributed by atoms with Gasteiger partial charge < -0.3 is 4.90 Å². The van der Waals surface area contributed by atoms with Gasteiger partial charge in [0.1, 0.15) is 0 Å². The van der Waals surface area contributed by atoms with Crippen LogP contribution in [-0.4, -0.2) is 29.9 Å². The van der Waals surface area contributed by atoms with Crippen LogP contribution < -0.4 is 5.32 Å². The molecular weight excluding hydrogens is 272 g/mol. The predicted molar refractivity (Wildman–Crippen MR) is 91.9 cm³/mol. The molecule has 1 amide bonds. The second kappa shape index (κ2) is 8.33. The van der Waals surface area contributed by atoms with Crippen LogP contribution in [-0.2, 0) is 11.2 Å². The number of carbonyl (C=O) groups is 1. The lowest BCUT2D eigenvalue weighted by Crippen LogP contribution is -2.45. The minimum Gasteiger partial charge on any atom is -0.341 e. The summed E-state index contributed by atoms with van der Waals surface area (Å²) in [6.45, 7) is 8.13. The molecule has 0 spiro atoms. The molecule has 1 heterocycles. The van der Waals surface area contributed by atoms with E-state index in [0.717, 1.165) is 32.4 Å². The average molecular weight is 302 g/mol. The van der Waals surface area contributed by atoms with Gasteiger partial charge in [-0.1, -0.05) is 44.0 Å². The largest absolute Gasteiger partial charge is 0.341 e. The van der Waals surface area contributed by atoms with Crippen molar-refractivity contribution < 1.29 is 4.79 Å². The molecule has 0 aliphatic carbocycles. The second-order valence-corrected chi connectivity index (χ2v) is 6.44. The number of carbonyl (C=O) groups excluding carboxylic acids is 1. The molecule has 1 N–H and O–H groups in total. The third-order valence-electron chi connectivity index (χ3n) is 4.68. The van der Waals surface area contributed by atoms with Crippen molar-refractivity contribution in [1.82, 2.24) is 10.2 Å². The summed E-state index contributed by atoms with van der Waals surface area (Å²) >= 11 is 0. The van der Waals surface area contributed by atoms with Crippen LogP contribution in [0.5, 0.6) is 0 Å². The van der Waals surface area contributed by atoms with Gasteiger partial charge in [0.2, 0.25) is 5.91 Å². The first-order chi connectivity index (χ1) is 10.6. The standard InChI is InChI=1S/C19H30N2O/c1-4-17-9-11-18(12-10-17)15(2)20-16(3)19(22)21-13-7-5-6-8-14-21/h9-12,15-16,20H,4-8,13-14H2,1-3H3. The van der Waals surface area contributed by atoms with E-state index in [-0.39, 0.29) is 18.0 Å². The number of hydrogen-bond acceptors (Lipinski definition) is 2. The van der Waals surface area contributed by atoms with Crippen LogP contribution in [0.3, 0.4) is 0 Å².